The first-order chi connectivity index (χ1) is 7.67. The Labute approximate surface area is 99.0 Å². The molecule has 0 radical (unpaired) electrons. The molecule has 16 heavy (non-hydrogen) atoms. The summed E-state index contributed by atoms with van der Waals surface area (Å²) in [6, 6.07) is 3.44. The Hall–Kier alpha value is -1.06. The van der Waals surface area contributed by atoms with Gasteiger partial charge < -0.3 is 9.84 Å². The molecule has 1 N–H and O–H groups in total. The van der Waals surface area contributed by atoms with Gasteiger partial charge in [0.2, 0.25) is 0 Å². The van der Waals surface area contributed by atoms with Crippen molar-refractivity contribution in [2.24, 2.45) is 5.92 Å². The van der Waals surface area contributed by atoms with Crippen LogP contribution >= 0.6 is 11.6 Å². The van der Waals surface area contributed by atoms with E-state index < -0.39 is 0 Å². The lowest BCUT2D eigenvalue weighted by Crippen LogP contribution is -2.23. The maximum atomic E-state index is 11.9. The molecule has 0 heterocycles. The fraction of sp³-hybridized carbons (Fsp3) is 0.417. The van der Waals surface area contributed by atoms with E-state index >= 15 is 0 Å². The van der Waals surface area contributed by atoms with Gasteiger partial charge in [-0.05, 0) is 30.0 Å². The van der Waals surface area contributed by atoms with Gasteiger partial charge >= 0.3 is 0 Å². The number of carbonyl (C=O) groups excluding carboxylic acids is 1. The highest BCUT2D eigenvalue weighted by Gasteiger charge is 2.29. The number of aliphatic hydroxyl groups excluding tert-OH is 1. The number of halogens is 1. The van der Waals surface area contributed by atoms with E-state index in [1.54, 1.807) is 12.1 Å². The van der Waals surface area contributed by atoms with Crippen LogP contribution in [0.25, 0.3) is 0 Å². The van der Waals surface area contributed by atoms with Crippen LogP contribution in [-0.4, -0.2) is 24.6 Å². The van der Waals surface area contributed by atoms with Crippen LogP contribution in [0.5, 0.6) is 5.75 Å². The minimum absolute atomic E-state index is 0.000324. The van der Waals surface area contributed by atoms with Gasteiger partial charge in [0.05, 0.1) is 12.7 Å². The van der Waals surface area contributed by atoms with Crippen LogP contribution in [0.1, 0.15) is 22.3 Å². The van der Waals surface area contributed by atoms with Crippen molar-refractivity contribution in [2.45, 2.75) is 12.8 Å². The molecule has 1 unspecified atom stereocenters. The van der Waals surface area contributed by atoms with E-state index in [-0.39, 0.29) is 18.3 Å². The fourth-order valence-electron chi connectivity index (χ4n) is 2.13. The molecular weight excluding hydrogens is 228 g/mol. The Kier molecular flexibility index (Phi) is 3.17. The van der Waals surface area contributed by atoms with Crippen LogP contribution in [0.15, 0.2) is 12.1 Å². The summed E-state index contributed by atoms with van der Waals surface area (Å²) < 4.78 is 5.16. The van der Waals surface area contributed by atoms with Crippen molar-refractivity contribution in [1.82, 2.24) is 0 Å². The number of ketones is 1. The van der Waals surface area contributed by atoms with Gasteiger partial charge in [0.25, 0.3) is 0 Å². The van der Waals surface area contributed by atoms with Crippen molar-refractivity contribution in [3.05, 3.63) is 28.3 Å². The highest BCUT2D eigenvalue weighted by molar-refractivity contribution is 6.32. The lowest BCUT2D eigenvalue weighted by Gasteiger charge is -2.24. The van der Waals surface area contributed by atoms with Crippen LogP contribution in [0.3, 0.4) is 0 Å². The molecule has 4 heteroatoms. The van der Waals surface area contributed by atoms with Crippen molar-refractivity contribution in [1.29, 1.82) is 0 Å². The van der Waals surface area contributed by atoms with Gasteiger partial charge in [-0.2, -0.15) is 0 Å². The van der Waals surface area contributed by atoms with Crippen molar-refractivity contribution in [3.63, 3.8) is 0 Å². The second-order valence-corrected chi connectivity index (χ2v) is 4.39. The number of ether oxygens (including phenoxy) is 1. The summed E-state index contributed by atoms with van der Waals surface area (Å²) in [5.41, 5.74) is 1.39. The summed E-state index contributed by atoms with van der Waals surface area (Å²) in [5, 5.41) is 9.70. The minimum Gasteiger partial charge on any atom is -0.496 e. The average Bonchev–Trinajstić information content (AvgIpc) is 2.30. The molecule has 1 aliphatic carbocycles. The summed E-state index contributed by atoms with van der Waals surface area (Å²) in [6.45, 7) is 0.0126. The van der Waals surface area contributed by atoms with Crippen LogP contribution < -0.4 is 4.74 Å². The topological polar surface area (TPSA) is 46.5 Å². The van der Waals surface area contributed by atoms with E-state index in [1.807, 2.05) is 0 Å². The predicted molar refractivity (Wildman–Crippen MR) is 61.2 cm³/mol. The third kappa shape index (κ3) is 1.81. The maximum absolute atomic E-state index is 11.9. The van der Waals surface area contributed by atoms with Gasteiger partial charge in [0.15, 0.2) is 5.78 Å². The number of methoxy groups -OCH3 is 1. The van der Waals surface area contributed by atoms with Crippen molar-refractivity contribution >= 4 is 17.4 Å². The zero-order valence-electron chi connectivity index (χ0n) is 9.00. The summed E-state index contributed by atoms with van der Waals surface area (Å²) >= 11 is 6.07. The Bertz CT molecular complexity index is 429. The molecule has 0 amide bonds. The molecule has 0 bridgehead atoms. The number of fused-ring (bicyclic) bond motifs is 1. The van der Waals surface area contributed by atoms with Crippen LogP contribution in [0.4, 0.5) is 0 Å². The van der Waals surface area contributed by atoms with E-state index in [2.05, 4.69) is 0 Å². The zero-order chi connectivity index (χ0) is 11.7. The summed E-state index contributed by atoms with van der Waals surface area (Å²) in [5.74, 6) is 0.546. The molecule has 3 nitrogen and oxygen atoms in total. The Morgan fingerprint density at radius 2 is 2.25 bits per heavy atom. The number of benzene rings is 1. The third-order valence-corrected chi connectivity index (χ3v) is 3.30. The molecule has 0 saturated carbocycles. The highest BCUT2D eigenvalue weighted by Crippen LogP contribution is 2.36. The smallest absolute Gasteiger partial charge is 0.167 e. The molecule has 0 fully saturated rings. The number of rotatable bonds is 2. The molecule has 1 aliphatic rings. The monoisotopic (exact) mass is 240 g/mol. The third-order valence-electron chi connectivity index (χ3n) is 2.94. The Morgan fingerprint density at radius 3 is 2.88 bits per heavy atom. The summed E-state index contributed by atoms with van der Waals surface area (Å²) in [4.78, 5) is 11.9. The first-order valence-electron chi connectivity index (χ1n) is 5.16. The van der Waals surface area contributed by atoms with Crippen molar-refractivity contribution < 1.29 is 14.6 Å². The fourth-order valence-corrected chi connectivity index (χ4v) is 2.37. The standard InChI is InChI=1S/C12H13ClO3/c1-16-11-3-2-9(13)8-4-7(6-14)5-10(15)12(8)11/h2-3,7,14H,4-6H2,1H3. The van der Waals surface area contributed by atoms with Gasteiger partial charge in [0.1, 0.15) is 5.75 Å². The first-order valence-corrected chi connectivity index (χ1v) is 5.54. The second-order valence-electron chi connectivity index (χ2n) is 3.98. The first kappa shape index (κ1) is 11.4. The van der Waals surface area contributed by atoms with Gasteiger partial charge in [-0.25, -0.2) is 0 Å². The van der Waals surface area contributed by atoms with E-state index in [9.17, 15) is 4.79 Å². The van der Waals surface area contributed by atoms with E-state index in [0.717, 1.165) is 5.56 Å². The number of hydrogen-bond acceptors (Lipinski definition) is 3. The molecule has 1 aromatic carbocycles. The van der Waals surface area contributed by atoms with E-state index in [1.165, 1.54) is 7.11 Å². The van der Waals surface area contributed by atoms with Crippen molar-refractivity contribution in [3.8, 4) is 5.75 Å². The lowest BCUT2D eigenvalue weighted by atomic mass is 9.83. The van der Waals surface area contributed by atoms with Gasteiger partial charge in [-0.1, -0.05) is 11.6 Å². The van der Waals surface area contributed by atoms with Crippen LogP contribution in [0.2, 0.25) is 5.02 Å². The molecule has 0 spiro atoms. The minimum atomic E-state index is -0.0235. The molecule has 1 atom stereocenters. The maximum Gasteiger partial charge on any atom is 0.167 e. The number of aliphatic hydroxyl groups is 1. The van der Waals surface area contributed by atoms with E-state index in [4.69, 9.17) is 21.4 Å². The molecule has 86 valence electrons. The molecule has 1 aromatic rings. The van der Waals surface area contributed by atoms with Crippen LogP contribution in [-0.2, 0) is 6.42 Å². The second kappa shape index (κ2) is 4.44. The molecular formula is C12H13ClO3. The number of hydrogen-bond donors (Lipinski definition) is 1. The Morgan fingerprint density at radius 1 is 1.50 bits per heavy atom. The molecule has 0 aromatic heterocycles. The lowest BCUT2D eigenvalue weighted by molar-refractivity contribution is 0.0915. The Balaban J connectivity index is 2.53. The normalized spacial score (nSPS) is 19.4. The van der Waals surface area contributed by atoms with Crippen LogP contribution in [0, 0.1) is 5.92 Å². The zero-order valence-corrected chi connectivity index (χ0v) is 9.75. The van der Waals surface area contributed by atoms with Gasteiger partial charge in [0, 0.05) is 18.1 Å². The largest absolute Gasteiger partial charge is 0.496 e. The van der Waals surface area contributed by atoms with Gasteiger partial charge in [-0.3, -0.25) is 4.79 Å². The number of Topliss-reactive ketones (excluding diaryl/α,β-unsaturated/α-hetero) is 1. The molecule has 2 rings (SSSR count). The molecule has 0 aliphatic heterocycles. The van der Waals surface area contributed by atoms with E-state index in [0.29, 0.717) is 29.2 Å². The quantitative estimate of drug-likeness (QED) is 0.861. The molecule has 0 saturated heterocycles. The summed E-state index contributed by atoms with van der Waals surface area (Å²) in [6.07, 6.45) is 0.994. The summed E-state index contributed by atoms with van der Waals surface area (Å²) in [7, 11) is 1.54. The van der Waals surface area contributed by atoms with Gasteiger partial charge in [-0.15, -0.1) is 0 Å². The SMILES string of the molecule is COc1ccc(Cl)c2c1C(=O)CC(CO)C2. The average molecular weight is 241 g/mol. The highest BCUT2D eigenvalue weighted by atomic mass is 35.5. The predicted octanol–water partition coefficient (Wildman–Crippen LogP) is 2.09. The van der Waals surface area contributed by atoms with Crippen molar-refractivity contribution in [2.75, 3.05) is 13.7 Å². The number of carbonyl (C=O) groups is 1.